The number of fused-ring (bicyclic) bond motifs is 1. The molecule has 0 radical (unpaired) electrons. The van der Waals surface area contributed by atoms with Crippen LogP contribution in [0.25, 0.3) is 0 Å². The predicted molar refractivity (Wildman–Crippen MR) is 100 cm³/mol. The predicted octanol–water partition coefficient (Wildman–Crippen LogP) is 2.35. The summed E-state index contributed by atoms with van der Waals surface area (Å²) >= 11 is 0. The zero-order chi connectivity index (χ0) is 22.9. The number of rotatable bonds is 5. The zero-order valence-corrected chi connectivity index (χ0v) is 15.8. The Hall–Kier alpha value is -3.89. The molecule has 0 aliphatic carbocycles. The lowest BCUT2D eigenvalue weighted by Crippen LogP contribution is -2.41. The van der Waals surface area contributed by atoms with E-state index in [1.165, 1.54) is 0 Å². The second kappa shape index (κ2) is 8.46. The zero-order valence-electron chi connectivity index (χ0n) is 15.8. The summed E-state index contributed by atoms with van der Waals surface area (Å²) in [5.74, 6) is -6.50. The quantitative estimate of drug-likeness (QED) is 0.555. The van der Waals surface area contributed by atoms with Crippen molar-refractivity contribution in [3.05, 3.63) is 87.5 Å². The molecule has 2 aromatic rings. The van der Waals surface area contributed by atoms with Crippen LogP contribution in [0.15, 0.2) is 47.8 Å². The van der Waals surface area contributed by atoms with Crippen LogP contribution in [0.5, 0.6) is 5.75 Å². The van der Waals surface area contributed by atoms with Crippen LogP contribution in [-0.2, 0) is 13.1 Å². The monoisotopic (exact) mass is 437 g/mol. The Morgan fingerprint density at radius 3 is 2.45 bits per heavy atom. The maximum Gasteiger partial charge on any atom is 0.278 e. The number of pyridine rings is 1. The fourth-order valence-corrected chi connectivity index (χ4v) is 3.09. The van der Waals surface area contributed by atoms with Crippen molar-refractivity contribution >= 4 is 11.8 Å². The molecule has 1 aliphatic rings. The number of amides is 2. The summed E-state index contributed by atoms with van der Waals surface area (Å²) < 4.78 is 54.0. The molecule has 2 N–H and O–H groups in total. The summed E-state index contributed by atoms with van der Waals surface area (Å²) in [5, 5.41) is 12.4. The number of benzene rings is 1. The molecule has 1 aromatic heterocycles. The van der Waals surface area contributed by atoms with E-state index in [9.17, 15) is 37.1 Å². The van der Waals surface area contributed by atoms with Gasteiger partial charge in [-0.3, -0.25) is 14.4 Å². The molecule has 0 bridgehead atoms. The number of hydrogen-bond donors (Lipinski definition) is 2. The van der Waals surface area contributed by atoms with Crippen molar-refractivity contribution in [3.8, 4) is 5.75 Å². The number of allylic oxidation sites excluding steroid dienone is 1. The van der Waals surface area contributed by atoms with Gasteiger partial charge in [-0.1, -0.05) is 6.58 Å². The van der Waals surface area contributed by atoms with Crippen molar-refractivity contribution in [1.29, 1.82) is 0 Å². The van der Waals surface area contributed by atoms with Crippen molar-refractivity contribution in [3.63, 3.8) is 0 Å². The fourth-order valence-electron chi connectivity index (χ4n) is 3.09. The molecule has 11 heteroatoms. The first-order valence-corrected chi connectivity index (χ1v) is 8.81. The van der Waals surface area contributed by atoms with Gasteiger partial charge in [0.25, 0.3) is 11.8 Å². The summed E-state index contributed by atoms with van der Waals surface area (Å²) in [6.45, 7) is 2.88. The number of nitrogens with zero attached hydrogens (tertiary/aromatic N) is 2. The molecule has 0 saturated carbocycles. The third kappa shape index (κ3) is 4.06. The number of aromatic hydroxyl groups is 1. The molecule has 7 nitrogen and oxygen atoms in total. The minimum absolute atomic E-state index is 0.00392. The van der Waals surface area contributed by atoms with Gasteiger partial charge in [-0.15, -0.1) is 0 Å². The van der Waals surface area contributed by atoms with E-state index in [-0.39, 0.29) is 25.1 Å². The Morgan fingerprint density at radius 1 is 1.19 bits per heavy atom. The van der Waals surface area contributed by atoms with E-state index in [1.807, 2.05) is 0 Å². The third-order valence-corrected chi connectivity index (χ3v) is 4.65. The molecular weight excluding hydrogens is 422 g/mol. The van der Waals surface area contributed by atoms with Gasteiger partial charge in [0.15, 0.2) is 11.4 Å². The molecule has 31 heavy (non-hydrogen) atoms. The highest BCUT2D eigenvalue weighted by atomic mass is 19.1. The van der Waals surface area contributed by atoms with Gasteiger partial charge in [-0.05, 0) is 6.08 Å². The number of hydrogen-bond acceptors (Lipinski definition) is 4. The molecule has 2 amide bonds. The van der Waals surface area contributed by atoms with E-state index in [4.69, 9.17) is 0 Å². The largest absolute Gasteiger partial charge is 0.503 e. The SMILES string of the molecule is C=C(/C=C/F)N1CCn2cc(C(=O)NCc3c(F)cc(F)cc3F)c(=O)c(O)c2C1=O. The van der Waals surface area contributed by atoms with Crippen LogP contribution >= 0.6 is 0 Å². The number of nitrogens with one attached hydrogen (secondary N) is 1. The molecule has 3 rings (SSSR count). The summed E-state index contributed by atoms with van der Waals surface area (Å²) in [6.07, 6.45) is 2.13. The fraction of sp³-hybridized carbons (Fsp3) is 0.150. The Morgan fingerprint density at radius 2 is 1.84 bits per heavy atom. The Bertz CT molecular complexity index is 1170. The highest BCUT2D eigenvalue weighted by Crippen LogP contribution is 2.23. The lowest BCUT2D eigenvalue weighted by molar-refractivity contribution is 0.0758. The van der Waals surface area contributed by atoms with E-state index in [1.54, 1.807) is 0 Å². The van der Waals surface area contributed by atoms with Crippen molar-refractivity contribution < 1.29 is 32.3 Å². The van der Waals surface area contributed by atoms with E-state index in [0.29, 0.717) is 12.1 Å². The lowest BCUT2D eigenvalue weighted by Gasteiger charge is -2.30. The van der Waals surface area contributed by atoms with Gasteiger partial charge in [-0.2, -0.15) is 0 Å². The van der Waals surface area contributed by atoms with Gasteiger partial charge in [-0.25, -0.2) is 17.6 Å². The van der Waals surface area contributed by atoms with Crippen LogP contribution < -0.4 is 10.7 Å². The normalized spacial score (nSPS) is 13.4. The first-order valence-electron chi connectivity index (χ1n) is 8.81. The van der Waals surface area contributed by atoms with Crippen LogP contribution in [0.1, 0.15) is 26.4 Å². The first kappa shape index (κ1) is 21.8. The summed E-state index contributed by atoms with van der Waals surface area (Å²) in [6, 6.07) is 0.876. The minimum Gasteiger partial charge on any atom is -0.503 e. The molecule has 1 aromatic carbocycles. The van der Waals surface area contributed by atoms with E-state index in [2.05, 4.69) is 11.9 Å². The Balaban J connectivity index is 1.89. The van der Waals surface area contributed by atoms with Crippen LogP contribution in [0.4, 0.5) is 17.6 Å². The molecule has 0 saturated heterocycles. The summed E-state index contributed by atoms with van der Waals surface area (Å²) in [7, 11) is 0. The highest BCUT2D eigenvalue weighted by molar-refractivity contribution is 5.99. The van der Waals surface area contributed by atoms with Crippen molar-refractivity contribution in [2.75, 3.05) is 6.54 Å². The third-order valence-electron chi connectivity index (χ3n) is 4.65. The van der Waals surface area contributed by atoms with Gasteiger partial charge in [0.1, 0.15) is 23.0 Å². The maximum absolute atomic E-state index is 13.7. The molecular formula is C20H15F4N3O4. The molecule has 1 aliphatic heterocycles. The Labute approximate surface area is 172 Å². The Kier molecular flexibility index (Phi) is 5.95. The highest BCUT2D eigenvalue weighted by Gasteiger charge is 2.31. The van der Waals surface area contributed by atoms with Crippen LogP contribution in [0.2, 0.25) is 0 Å². The van der Waals surface area contributed by atoms with Gasteiger partial charge in [0.05, 0.1) is 6.33 Å². The van der Waals surface area contributed by atoms with E-state index in [0.717, 1.165) is 21.7 Å². The maximum atomic E-state index is 13.7. The van der Waals surface area contributed by atoms with Crippen molar-refractivity contribution in [2.24, 2.45) is 0 Å². The van der Waals surface area contributed by atoms with Gasteiger partial charge in [0, 0.05) is 49.2 Å². The number of carbonyl (C=O) groups excluding carboxylic acids is 2. The van der Waals surface area contributed by atoms with Crippen LogP contribution in [0.3, 0.4) is 0 Å². The molecule has 2 heterocycles. The van der Waals surface area contributed by atoms with Gasteiger partial charge >= 0.3 is 0 Å². The number of halogens is 4. The summed E-state index contributed by atoms with van der Waals surface area (Å²) in [5.41, 5.74) is -2.81. The van der Waals surface area contributed by atoms with E-state index >= 15 is 0 Å². The van der Waals surface area contributed by atoms with Gasteiger partial charge < -0.3 is 19.9 Å². The smallest absolute Gasteiger partial charge is 0.278 e. The number of aromatic nitrogens is 1. The minimum atomic E-state index is -1.23. The standard InChI is InChI=1S/C20H15F4N3O4/c1-10(2-3-21)27-5-4-26-9-13(17(28)18(29)16(26)20(27)31)19(30)25-8-12-14(23)6-11(22)7-15(12)24/h2-3,6-7,9,29H,1,4-5,8H2,(H,25,30)/b3-2+. The number of carbonyl (C=O) groups is 2. The molecule has 0 spiro atoms. The lowest BCUT2D eigenvalue weighted by atomic mass is 10.1. The second-order valence-corrected chi connectivity index (χ2v) is 6.53. The average molecular weight is 437 g/mol. The summed E-state index contributed by atoms with van der Waals surface area (Å²) in [4.78, 5) is 38.4. The molecule has 0 fully saturated rings. The van der Waals surface area contributed by atoms with Crippen molar-refractivity contribution in [2.45, 2.75) is 13.1 Å². The van der Waals surface area contributed by atoms with Gasteiger partial charge in [0.2, 0.25) is 5.43 Å². The van der Waals surface area contributed by atoms with Crippen LogP contribution in [0, 0.1) is 17.5 Å². The topological polar surface area (TPSA) is 91.6 Å². The van der Waals surface area contributed by atoms with Crippen LogP contribution in [-0.4, -0.2) is 32.9 Å². The molecule has 0 unspecified atom stereocenters. The first-order chi connectivity index (χ1) is 14.6. The van der Waals surface area contributed by atoms with E-state index < -0.39 is 63.8 Å². The van der Waals surface area contributed by atoms with Crippen molar-refractivity contribution in [1.82, 2.24) is 14.8 Å². The second-order valence-electron chi connectivity index (χ2n) is 6.53. The average Bonchev–Trinajstić information content (AvgIpc) is 2.69. The molecule has 0 atom stereocenters. The molecule has 162 valence electrons.